The third-order valence-corrected chi connectivity index (χ3v) is 20.0. The SMILES string of the molecule is c1ccc(N(c2ccc3c(c2)C2(C4=C3C3(c5cc(N(c6ccccc6)c6cccc7c6oc6ccccc67)ccc54)c4ccccc4-c4c3ccc3ccccc43)c3ccccc3-c3c2ccc2ccccc32)c2cccc3c2oc2ccccc23)cc1. The van der Waals surface area contributed by atoms with Gasteiger partial charge in [-0.2, -0.15) is 0 Å². The van der Waals surface area contributed by atoms with Crippen molar-refractivity contribution in [2.75, 3.05) is 9.80 Å². The van der Waals surface area contributed by atoms with E-state index >= 15 is 0 Å². The van der Waals surface area contributed by atoms with E-state index in [1.54, 1.807) is 0 Å². The Morgan fingerprint density at radius 1 is 0.239 bits per heavy atom. The molecular weight excluding hydrogens is 1070 g/mol. The fourth-order valence-electron chi connectivity index (χ4n) is 16.8. The Morgan fingerprint density at radius 3 is 1.09 bits per heavy atom. The minimum atomic E-state index is -0.794. The summed E-state index contributed by atoms with van der Waals surface area (Å²) in [5, 5.41) is 9.32. The van der Waals surface area contributed by atoms with Crippen LogP contribution in [-0.2, 0) is 10.8 Å². The zero-order valence-corrected chi connectivity index (χ0v) is 47.6. The Hall–Kier alpha value is -11.5. The molecular formula is C84H50N2O2. The van der Waals surface area contributed by atoms with Gasteiger partial charge in [0, 0.05) is 44.3 Å². The van der Waals surface area contributed by atoms with Gasteiger partial charge in [0.1, 0.15) is 11.2 Å². The van der Waals surface area contributed by atoms with Crippen molar-refractivity contribution in [2.24, 2.45) is 0 Å². The van der Waals surface area contributed by atoms with Crippen LogP contribution in [0.15, 0.2) is 312 Å². The molecule has 2 heterocycles. The summed E-state index contributed by atoms with van der Waals surface area (Å²) in [6.45, 7) is 0. The largest absolute Gasteiger partial charge is 0.454 e. The maximum absolute atomic E-state index is 6.95. The molecule has 0 N–H and O–H groups in total. The number of furan rings is 2. The standard InChI is InChI=1S/C84H50N2O2/c1-3-23-53(24-4-1)85(73-37-19-33-61-59-29-13-17-39-75(59)87-81(61)73)55-43-45-65-71(49-55)83(67-35-15-11-31-63(67)77-57-27-9-7-21-51(57)41-47-69(77)83)80-66-46-44-56(86(54-25-5-2-6-26-54)74-38-20-34-62-60-30-14-18-40-76(60)88-82(62)74)50-72(66)84(79(65)80)68-36-16-12-32-64(68)78-58-28-10-8-22-52(58)42-48-70(78)84/h1-50H. The maximum Gasteiger partial charge on any atom is 0.159 e. The van der Waals surface area contributed by atoms with E-state index in [2.05, 4.69) is 313 Å². The average Bonchev–Trinajstić information content (AvgIpc) is 1.46. The molecule has 0 saturated carbocycles. The molecule has 4 aliphatic rings. The molecule has 4 nitrogen and oxygen atoms in total. The van der Waals surface area contributed by atoms with Crippen molar-refractivity contribution in [3.05, 3.63) is 348 Å². The lowest BCUT2D eigenvalue weighted by atomic mass is 9.66. The van der Waals surface area contributed by atoms with Gasteiger partial charge in [0.2, 0.25) is 0 Å². The number of fused-ring (bicyclic) bond motifs is 28. The number of allylic oxidation sites excluding steroid dienone is 2. The van der Waals surface area contributed by atoms with E-state index in [-0.39, 0.29) is 0 Å². The summed E-state index contributed by atoms with van der Waals surface area (Å²) in [5.74, 6) is 0. The first-order valence-electron chi connectivity index (χ1n) is 30.5. The molecule has 0 bridgehead atoms. The molecule has 0 aliphatic heterocycles. The van der Waals surface area contributed by atoms with Gasteiger partial charge in [-0.3, -0.25) is 0 Å². The fraction of sp³-hybridized carbons (Fsp3) is 0.0238. The van der Waals surface area contributed by atoms with Crippen molar-refractivity contribution < 1.29 is 8.83 Å². The number of benzene rings is 14. The van der Waals surface area contributed by atoms with Gasteiger partial charge in [0.05, 0.1) is 22.2 Å². The number of hydrogen-bond donors (Lipinski definition) is 0. The molecule has 408 valence electrons. The van der Waals surface area contributed by atoms with E-state index in [4.69, 9.17) is 8.83 Å². The highest BCUT2D eigenvalue weighted by molar-refractivity contribution is 6.23. The molecule has 4 heteroatoms. The Balaban J connectivity index is 0.935. The Bertz CT molecular complexity index is 5380. The van der Waals surface area contributed by atoms with E-state index in [0.717, 1.165) is 78.0 Å². The first-order valence-corrected chi connectivity index (χ1v) is 30.5. The normalized spacial score (nSPS) is 16.5. The van der Waals surface area contributed by atoms with E-state index in [1.165, 1.54) is 99.5 Å². The third kappa shape index (κ3) is 6.03. The van der Waals surface area contributed by atoms with Crippen molar-refractivity contribution in [3.63, 3.8) is 0 Å². The molecule has 0 radical (unpaired) electrons. The molecule has 0 fully saturated rings. The lowest BCUT2D eigenvalue weighted by Gasteiger charge is -2.36. The molecule has 20 rings (SSSR count). The van der Waals surface area contributed by atoms with Gasteiger partial charge in [-0.1, -0.05) is 231 Å². The molecule has 0 amide bonds. The van der Waals surface area contributed by atoms with Crippen LogP contribution in [-0.4, -0.2) is 0 Å². The smallest absolute Gasteiger partial charge is 0.159 e. The van der Waals surface area contributed by atoms with Crippen molar-refractivity contribution in [1.82, 2.24) is 0 Å². The van der Waals surface area contributed by atoms with Gasteiger partial charge in [-0.05, 0) is 172 Å². The zero-order valence-electron chi connectivity index (χ0n) is 47.6. The average molecular weight is 1120 g/mol. The molecule has 14 aromatic carbocycles. The fourth-order valence-corrected chi connectivity index (χ4v) is 16.8. The summed E-state index contributed by atoms with van der Waals surface area (Å²) in [6.07, 6.45) is 0. The molecule has 88 heavy (non-hydrogen) atoms. The second-order valence-electron chi connectivity index (χ2n) is 24.1. The molecule has 2 aromatic heterocycles. The third-order valence-electron chi connectivity index (χ3n) is 20.0. The van der Waals surface area contributed by atoms with Crippen LogP contribution in [0.3, 0.4) is 0 Å². The minimum Gasteiger partial charge on any atom is -0.454 e. The predicted octanol–water partition coefficient (Wildman–Crippen LogP) is 22.3. The summed E-state index contributed by atoms with van der Waals surface area (Å²) >= 11 is 0. The topological polar surface area (TPSA) is 32.8 Å². The van der Waals surface area contributed by atoms with Gasteiger partial charge in [0.15, 0.2) is 11.2 Å². The second kappa shape index (κ2) is 17.6. The van der Waals surface area contributed by atoms with Crippen LogP contribution in [0.4, 0.5) is 34.1 Å². The Labute approximate surface area is 507 Å². The van der Waals surface area contributed by atoms with Crippen LogP contribution in [0.5, 0.6) is 0 Å². The maximum atomic E-state index is 6.95. The van der Waals surface area contributed by atoms with Crippen LogP contribution in [0.1, 0.15) is 44.5 Å². The van der Waals surface area contributed by atoms with Crippen molar-refractivity contribution in [2.45, 2.75) is 10.8 Å². The van der Waals surface area contributed by atoms with Gasteiger partial charge in [-0.15, -0.1) is 0 Å². The number of anilines is 6. The molecule has 2 unspecified atom stereocenters. The molecule has 2 spiro atoms. The van der Waals surface area contributed by atoms with Gasteiger partial charge >= 0.3 is 0 Å². The highest BCUT2D eigenvalue weighted by Crippen LogP contribution is 2.76. The minimum absolute atomic E-state index is 0.794. The summed E-state index contributed by atoms with van der Waals surface area (Å²) < 4.78 is 13.9. The summed E-state index contributed by atoms with van der Waals surface area (Å²) in [4.78, 5) is 4.85. The van der Waals surface area contributed by atoms with Crippen molar-refractivity contribution in [1.29, 1.82) is 0 Å². The Kier molecular flexibility index (Phi) is 9.56. The van der Waals surface area contributed by atoms with Crippen LogP contribution < -0.4 is 9.80 Å². The first-order chi connectivity index (χ1) is 43.7. The zero-order chi connectivity index (χ0) is 57.4. The van der Waals surface area contributed by atoms with E-state index in [9.17, 15) is 0 Å². The number of hydrogen-bond acceptors (Lipinski definition) is 4. The van der Waals surface area contributed by atoms with E-state index in [0.29, 0.717) is 0 Å². The highest BCUT2D eigenvalue weighted by atomic mass is 16.3. The van der Waals surface area contributed by atoms with Gasteiger partial charge in [-0.25, -0.2) is 0 Å². The predicted molar refractivity (Wildman–Crippen MR) is 362 cm³/mol. The van der Waals surface area contributed by atoms with Crippen LogP contribution in [0, 0.1) is 0 Å². The summed E-state index contributed by atoms with van der Waals surface area (Å²) in [7, 11) is 0. The first kappa shape index (κ1) is 47.8. The summed E-state index contributed by atoms with van der Waals surface area (Å²) in [6, 6.07) is 113. The van der Waals surface area contributed by atoms with Crippen LogP contribution in [0.2, 0.25) is 0 Å². The number of nitrogens with zero attached hydrogens (tertiary/aromatic N) is 2. The second-order valence-corrected chi connectivity index (χ2v) is 24.1. The summed E-state index contributed by atoms with van der Waals surface area (Å²) in [5.41, 5.74) is 25.9. The lowest BCUT2D eigenvalue weighted by molar-refractivity contribution is 0.668. The van der Waals surface area contributed by atoms with Crippen LogP contribution >= 0.6 is 0 Å². The van der Waals surface area contributed by atoms with E-state index < -0.39 is 10.8 Å². The highest BCUT2D eigenvalue weighted by Gasteiger charge is 2.64. The molecule has 0 saturated heterocycles. The number of para-hydroxylation sites is 6. The molecule has 16 aromatic rings. The molecule has 2 atom stereocenters. The van der Waals surface area contributed by atoms with Gasteiger partial charge < -0.3 is 18.6 Å². The lowest BCUT2D eigenvalue weighted by Crippen LogP contribution is -2.29. The Morgan fingerprint density at radius 2 is 0.625 bits per heavy atom. The quantitative estimate of drug-likeness (QED) is 0.166. The molecule has 4 aliphatic carbocycles. The van der Waals surface area contributed by atoms with Gasteiger partial charge in [0.25, 0.3) is 0 Å². The van der Waals surface area contributed by atoms with E-state index in [1.807, 2.05) is 0 Å². The van der Waals surface area contributed by atoms with Crippen molar-refractivity contribution in [3.8, 4) is 22.3 Å². The number of rotatable bonds is 6. The van der Waals surface area contributed by atoms with Crippen LogP contribution in [0.25, 0.3) is 98.8 Å². The monoisotopic (exact) mass is 1120 g/mol. The van der Waals surface area contributed by atoms with Crippen molar-refractivity contribution >= 4 is 111 Å².